The van der Waals surface area contributed by atoms with Crippen LogP contribution in [0.15, 0.2) is 0 Å². The van der Waals surface area contributed by atoms with E-state index in [-0.39, 0.29) is 0 Å². The average Bonchev–Trinajstić information content (AvgIpc) is 2.65. The summed E-state index contributed by atoms with van der Waals surface area (Å²) in [6.07, 6.45) is -10.7. The molecule has 30 heavy (non-hydrogen) atoms. The van der Waals surface area contributed by atoms with Crippen LogP contribution in [0.5, 0.6) is 0 Å². The largest absolute Gasteiger partial charge is 0.479 e. The summed E-state index contributed by atoms with van der Waals surface area (Å²) in [5, 5.41) is 64.0. The summed E-state index contributed by atoms with van der Waals surface area (Å²) in [5.41, 5.74) is -3.70. The third kappa shape index (κ3) is 4.48. The maximum atomic E-state index is 11.7. The zero-order chi connectivity index (χ0) is 23.0. The molecule has 2 rings (SSSR count). The molecule has 0 spiro atoms. The Hall–Kier alpha value is -0.930. The van der Waals surface area contributed by atoms with Gasteiger partial charge < -0.3 is 49.6 Å². The van der Waals surface area contributed by atoms with Crippen molar-refractivity contribution in [2.24, 2.45) is 0 Å². The van der Waals surface area contributed by atoms with E-state index in [4.69, 9.17) is 18.9 Å². The van der Waals surface area contributed by atoms with Crippen molar-refractivity contribution in [2.45, 2.75) is 94.1 Å². The molecule has 4 unspecified atom stereocenters. The van der Waals surface area contributed by atoms with Gasteiger partial charge in [0, 0.05) is 7.11 Å². The molecule has 12 heteroatoms. The summed E-state index contributed by atoms with van der Waals surface area (Å²) in [6, 6.07) is -0.862. The minimum atomic E-state index is -2.07. The molecule has 0 saturated carbocycles. The number of hydrogen-bond acceptors (Lipinski definition) is 11. The summed E-state index contributed by atoms with van der Waals surface area (Å²) < 4.78 is 21.9. The van der Waals surface area contributed by atoms with Crippen LogP contribution in [0.4, 0.5) is 0 Å². The molecule has 0 radical (unpaired) electrons. The third-order valence-corrected chi connectivity index (χ3v) is 5.87. The fraction of sp³-hybridized carbons (Fsp3) is 0.944. The molecule has 0 bridgehead atoms. The van der Waals surface area contributed by atoms with Gasteiger partial charge in [-0.25, -0.2) is 4.79 Å². The number of aliphatic hydroxyl groups is 5. The van der Waals surface area contributed by atoms with Gasteiger partial charge in [-0.15, -0.1) is 0 Å². The van der Waals surface area contributed by atoms with Crippen molar-refractivity contribution < 1.29 is 54.4 Å². The Balaban J connectivity index is 2.42. The van der Waals surface area contributed by atoms with E-state index in [0.29, 0.717) is 0 Å². The van der Waals surface area contributed by atoms with Gasteiger partial charge in [-0.1, -0.05) is 0 Å². The Labute approximate surface area is 174 Å². The molecule has 2 aliphatic heterocycles. The number of methoxy groups -OCH3 is 1. The van der Waals surface area contributed by atoms with Gasteiger partial charge in [0.05, 0.1) is 18.8 Å². The zero-order valence-electron chi connectivity index (χ0n) is 17.6. The Morgan fingerprint density at radius 1 is 1.23 bits per heavy atom. The van der Waals surface area contributed by atoms with E-state index >= 15 is 0 Å². The first kappa shape index (κ1) is 25.3. The van der Waals surface area contributed by atoms with E-state index in [0.717, 1.165) is 0 Å². The molecule has 2 heterocycles. The lowest BCUT2D eigenvalue weighted by Crippen LogP contribution is -2.74. The molecule has 176 valence electrons. The highest BCUT2D eigenvalue weighted by Gasteiger charge is 2.60. The van der Waals surface area contributed by atoms with Crippen LogP contribution < -0.4 is 5.32 Å². The normalized spacial score (nSPS) is 48.3. The molecule has 7 N–H and O–H groups in total. The SMILES string of the molecule is CO[C@@H]1C(C(=O)O)O[C@@H](O[C@]2(C)C(N[C@@H](C)O)[C@H](C)OC(CO)[C@H]2O)C(O)[C@@]1(C)O. The van der Waals surface area contributed by atoms with Crippen molar-refractivity contribution >= 4 is 5.97 Å². The summed E-state index contributed by atoms with van der Waals surface area (Å²) in [5.74, 6) is -1.44. The van der Waals surface area contributed by atoms with Crippen LogP contribution in [0.3, 0.4) is 0 Å². The molecule has 2 saturated heterocycles. The Bertz CT molecular complexity index is 603. The summed E-state index contributed by atoms with van der Waals surface area (Å²) in [7, 11) is 1.17. The predicted octanol–water partition coefficient (Wildman–Crippen LogP) is -2.86. The zero-order valence-corrected chi connectivity index (χ0v) is 17.6. The lowest BCUT2D eigenvalue weighted by Gasteiger charge is -2.54. The van der Waals surface area contributed by atoms with Crippen molar-refractivity contribution in [1.82, 2.24) is 5.32 Å². The fourth-order valence-electron chi connectivity index (χ4n) is 4.23. The van der Waals surface area contributed by atoms with Crippen molar-refractivity contribution in [3.63, 3.8) is 0 Å². The van der Waals surface area contributed by atoms with Gasteiger partial charge in [0.15, 0.2) is 12.4 Å². The number of carboxylic acids is 1. The number of rotatable bonds is 7. The molecule has 0 aromatic heterocycles. The number of aliphatic carboxylic acids is 1. The first-order valence-corrected chi connectivity index (χ1v) is 9.69. The van der Waals surface area contributed by atoms with Crippen molar-refractivity contribution in [3.8, 4) is 0 Å². The van der Waals surface area contributed by atoms with Gasteiger partial charge in [0.25, 0.3) is 0 Å². The number of carboxylic acid groups (broad SMARTS) is 1. The van der Waals surface area contributed by atoms with Crippen LogP contribution in [-0.4, -0.2) is 117 Å². The number of ether oxygens (including phenoxy) is 4. The highest BCUT2D eigenvalue weighted by atomic mass is 16.7. The van der Waals surface area contributed by atoms with Crippen LogP contribution in [0, 0.1) is 0 Å². The number of nitrogens with one attached hydrogen (secondary N) is 1. The van der Waals surface area contributed by atoms with Crippen LogP contribution >= 0.6 is 0 Å². The summed E-state index contributed by atoms with van der Waals surface area (Å²) in [4.78, 5) is 11.7. The van der Waals surface area contributed by atoms with Gasteiger partial charge in [-0.3, -0.25) is 5.32 Å². The summed E-state index contributed by atoms with van der Waals surface area (Å²) in [6.45, 7) is 5.17. The molecule has 2 aliphatic rings. The molecule has 0 aliphatic carbocycles. The topological polar surface area (TPSA) is 187 Å². The third-order valence-electron chi connectivity index (χ3n) is 5.87. The lowest BCUT2D eigenvalue weighted by atomic mass is 9.80. The second-order valence-corrected chi connectivity index (χ2v) is 8.22. The lowest BCUT2D eigenvalue weighted by molar-refractivity contribution is -0.367. The minimum absolute atomic E-state index is 0.541. The number of hydrogen-bond donors (Lipinski definition) is 7. The first-order chi connectivity index (χ1) is 13.8. The van der Waals surface area contributed by atoms with Gasteiger partial charge in [0.2, 0.25) is 0 Å². The highest BCUT2D eigenvalue weighted by molar-refractivity contribution is 5.73. The monoisotopic (exact) mass is 439 g/mol. The Kier molecular flexibility index (Phi) is 7.84. The molecule has 2 fully saturated rings. The van der Waals surface area contributed by atoms with Crippen LogP contribution in [-0.2, 0) is 23.7 Å². The minimum Gasteiger partial charge on any atom is -0.479 e. The smallest absolute Gasteiger partial charge is 0.335 e. The van der Waals surface area contributed by atoms with Crippen LogP contribution in [0.25, 0.3) is 0 Å². The van der Waals surface area contributed by atoms with E-state index in [1.54, 1.807) is 6.92 Å². The summed E-state index contributed by atoms with van der Waals surface area (Å²) >= 11 is 0. The van der Waals surface area contributed by atoms with Gasteiger partial charge >= 0.3 is 5.97 Å². The van der Waals surface area contributed by atoms with E-state index in [1.165, 1.54) is 27.9 Å². The van der Waals surface area contributed by atoms with E-state index in [1.807, 2.05) is 0 Å². The molecular formula is C18H33NO11. The van der Waals surface area contributed by atoms with Gasteiger partial charge in [0.1, 0.15) is 41.8 Å². The fourth-order valence-corrected chi connectivity index (χ4v) is 4.23. The van der Waals surface area contributed by atoms with E-state index in [9.17, 15) is 35.4 Å². The molecule has 0 aromatic rings. The Morgan fingerprint density at radius 2 is 1.83 bits per heavy atom. The highest BCUT2D eigenvalue weighted by Crippen LogP contribution is 2.39. The number of aliphatic hydroxyl groups excluding tert-OH is 4. The molecule has 11 atom stereocenters. The standard InChI is InChI=1S/C18H33NO11/c1-7-11(19-8(2)21)18(4,12(22)9(6-20)28-7)30-16-13(23)17(3,26)14(27-5)10(29-16)15(24)25/h7-14,16,19-23,26H,6H2,1-5H3,(H,24,25)/t7-,8+,9?,10?,11?,12+,13?,14+,16-,17+,18+/m0/s1. The first-order valence-electron chi connectivity index (χ1n) is 9.69. The van der Waals surface area contributed by atoms with E-state index in [2.05, 4.69) is 5.32 Å². The molecule has 0 aromatic carbocycles. The van der Waals surface area contributed by atoms with Crippen LogP contribution in [0.2, 0.25) is 0 Å². The van der Waals surface area contributed by atoms with Gasteiger partial charge in [-0.2, -0.15) is 0 Å². The average molecular weight is 439 g/mol. The van der Waals surface area contributed by atoms with Gasteiger partial charge in [-0.05, 0) is 27.7 Å². The van der Waals surface area contributed by atoms with Crippen molar-refractivity contribution in [2.75, 3.05) is 13.7 Å². The Morgan fingerprint density at radius 3 is 2.30 bits per heavy atom. The maximum Gasteiger partial charge on any atom is 0.335 e. The predicted molar refractivity (Wildman–Crippen MR) is 99.2 cm³/mol. The molecule has 12 nitrogen and oxygen atoms in total. The number of carbonyl (C=O) groups is 1. The van der Waals surface area contributed by atoms with Crippen LogP contribution in [0.1, 0.15) is 27.7 Å². The van der Waals surface area contributed by atoms with Crippen molar-refractivity contribution in [3.05, 3.63) is 0 Å². The maximum absolute atomic E-state index is 11.7. The van der Waals surface area contributed by atoms with E-state index < -0.39 is 79.0 Å². The molecular weight excluding hydrogens is 406 g/mol. The van der Waals surface area contributed by atoms with Crippen molar-refractivity contribution in [1.29, 1.82) is 0 Å². The quantitative estimate of drug-likeness (QED) is 0.201. The molecule has 0 amide bonds. The second-order valence-electron chi connectivity index (χ2n) is 8.22. The second kappa shape index (κ2) is 9.28.